The van der Waals surface area contributed by atoms with Gasteiger partial charge in [-0.1, -0.05) is 0 Å². The number of nitrogens with one attached hydrogen (secondary N) is 1. The molecule has 0 aliphatic heterocycles. The maximum Gasteiger partial charge on any atom is 0.188 e. The predicted molar refractivity (Wildman–Crippen MR) is 72.2 cm³/mol. The molecular formula is C12H11N5S. The smallest absolute Gasteiger partial charge is 0.188 e. The molecular weight excluding hydrogens is 246 g/mol. The number of thiazole rings is 1. The SMILES string of the molecule is Cc1nc(Nc2ncnc3ccncc23)sc1C. The number of nitrogens with zero attached hydrogens (tertiary/aromatic N) is 4. The molecule has 0 aliphatic rings. The van der Waals surface area contributed by atoms with E-state index < -0.39 is 0 Å². The van der Waals surface area contributed by atoms with Crippen LogP contribution in [0.5, 0.6) is 0 Å². The zero-order chi connectivity index (χ0) is 12.5. The van der Waals surface area contributed by atoms with Gasteiger partial charge in [-0.15, -0.1) is 11.3 Å². The Balaban J connectivity index is 2.04. The van der Waals surface area contributed by atoms with Crippen molar-refractivity contribution in [3.63, 3.8) is 0 Å². The fourth-order valence-electron chi connectivity index (χ4n) is 1.63. The first kappa shape index (κ1) is 11.0. The maximum absolute atomic E-state index is 4.44. The van der Waals surface area contributed by atoms with Gasteiger partial charge in [-0.3, -0.25) is 4.98 Å². The summed E-state index contributed by atoms with van der Waals surface area (Å²) in [4.78, 5) is 18.2. The summed E-state index contributed by atoms with van der Waals surface area (Å²) >= 11 is 1.61. The lowest BCUT2D eigenvalue weighted by atomic mass is 10.3. The summed E-state index contributed by atoms with van der Waals surface area (Å²) in [5.74, 6) is 0.738. The van der Waals surface area contributed by atoms with E-state index in [9.17, 15) is 0 Å². The van der Waals surface area contributed by atoms with E-state index in [0.717, 1.165) is 27.5 Å². The van der Waals surface area contributed by atoms with Crippen molar-refractivity contribution in [3.05, 3.63) is 35.4 Å². The van der Waals surface area contributed by atoms with Gasteiger partial charge in [0.2, 0.25) is 0 Å². The van der Waals surface area contributed by atoms with Crippen LogP contribution in [0.3, 0.4) is 0 Å². The molecule has 0 fully saturated rings. The van der Waals surface area contributed by atoms with Gasteiger partial charge in [0.15, 0.2) is 5.13 Å². The average Bonchev–Trinajstić information content (AvgIpc) is 2.69. The van der Waals surface area contributed by atoms with E-state index in [4.69, 9.17) is 0 Å². The van der Waals surface area contributed by atoms with Crippen LogP contribution < -0.4 is 5.32 Å². The highest BCUT2D eigenvalue weighted by molar-refractivity contribution is 7.15. The normalized spacial score (nSPS) is 10.8. The molecule has 0 spiro atoms. The number of fused-ring (bicyclic) bond motifs is 1. The van der Waals surface area contributed by atoms with Crippen LogP contribution in [0, 0.1) is 13.8 Å². The highest BCUT2D eigenvalue weighted by atomic mass is 32.1. The van der Waals surface area contributed by atoms with E-state index in [1.54, 1.807) is 23.7 Å². The number of aryl methyl sites for hydroxylation is 2. The molecule has 18 heavy (non-hydrogen) atoms. The number of aromatic nitrogens is 4. The molecule has 0 saturated carbocycles. The molecule has 0 amide bonds. The quantitative estimate of drug-likeness (QED) is 0.764. The van der Waals surface area contributed by atoms with Crippen molar-refractivity contribution in [1.82, 2.24) is 19.9 Å². The lowest BCUT2D eigenvalue weighted by Gasteiger charge is -2.04. The first-order chi connectivity index (χ1) is 8.74. The van der Waals surface area contributed by atoms with Crippen molar-refractivity contribution >= 4 is 33.2 Å². The molecule has 3 aromatic rings. The average molecular weight is 257 g/mol. The van der Waals surface area contributed by atoms with E-state index >= 15 is 0 Å². The monoisotopic (exact) mass is 257 g/mol. The third-order valence-corrected chi connectivity index (χ3v) is 3.68. The van der Waals surface area contributed by atoms with Crippen LogP contribution >= 0.6 is 11.3 Å². The molecule has 0 bridgehead atoms. The minimum Gasteiger partial charge on any atom is -0.316 e. The molecule has 0 unspecified atom stereocenters. The fourth-order valence-corrected chi connectivity index (χ4v) is 2.44. The molecule has 3 aromatic heterocycles. The number of rotatable bonds is 2. The van der Waals surface area contributed by atoms with Crippen LogP contribution in [0.4, 0.5) is 10.9 Å². The Kier molecular flexibility index (Phi) is 2.64. The highest BCUT2D eigenvalue weighted by Gasteiger charge is 2.07. The van der Waals surface area contributed by atoms with Crippen molar-refractivity contribution < 1.29 is 0 Å². The van der Waals surface area contributed by atoms with E-state index in [2.05, 4.69) is 32.2 Å². The van der Waals surface area contributed by atoms with Crippen LogP contribution in [0.15, 0.2) is 24.8 Å². The molecule has 0 aliphatic carbocycles. The van der Waals surface area contributed by atoms with Crippen LogP contribution in [-0.4, -0.2) is 19.9 Å². The van der Waals surface area contributed by atoms with E-state index in [1.165, 1.54) is 11.2 Å². The molecule has 0 saturated heterocycles. The topological polar surface area (TPSA) is 63.6 Å². The van der Waals surface area contributed by atoms with Gasteiger partial charge < -0.3 is 5.32 Å². The third-order valence-electron chi connectivity index (χ3n) is 2.69. The zero-order valence-corrected chi connectivity index (χ0v) is 10.8. The van der Waals surface area contributed by atoms with Crippen LogP contribution in [0.25, 0.3) is 10.9 Å². The molecule has 3 rings (SSSR count). The Labute approximate surface area is 108 Å². The van der Waals surface area contributed by atoms with Gasteiger partial charge in [0.05, 0.1) is 16.6 Å². The summed E-state index contributed by atoms with van der Waals surface area (Å²) in [6, 6.07) is 1.86. The van der Waals surface area contributed by atoms with Gasteiger partial charge in [0.1, 0.15) is 12.1 Å². The third kappa shape index (κ3) is 1.91. The van der Waals surface area contributed by atoms with Crippen molar-refractivity contribution in [2.75, 3.05) is 5.32 Å². The first-order valence-corrected chi connectivity index (χ1v) is 6.31. The Morgan fingerprint density at radius 3 is 2.89 bits per heavy atom. The Morgan fingerprint density at radius 1 is 1.22 bits per heavy atom. The lowest BCUT2D eigenvalue weighted by molar-refractivity contribution is 1.19. The first-order valence-electron chi connectivity index (χ1n) is 5.50. The molecule has 6 heteroatoms. The molecule has 0 radical (unpaired) electrons. The predicted octanol–water partition coefficient (Wildman–Crippen LogP) is 2.84. The number of hydrogen-bond donors (Lipinski definition) is 1. The minimum atomic E-state index is 0.738. The number of pyridine rings is 1. The van der Waals surface area contributed by atoms with Gasteiger partial charge in [-0.05, 0) is 19.9 Å². The number of hydrogen-bond acceptors (Lipinski definition) is 6. The second kappa shape index (κ2) is 4.30. The van der Waals surface area contributed by atoms with Crippen molar-refractivity contribution in [2.45, 2.75) is 13.8 Å². The summed E-state index contributed by atoms with van der Waals surface area (Å²) in [6.45, 7) is 4.05. The second-order valence-electron chi connectivity index (χ2n) is 3.90. The van der Waals surface area contributed by atoms with E-state index in [-0.39, 0.29) is 0 Å². The second-order valence-corrected chi connectivity index (χ2v) is 5.10. The fraction of sp³-hybridized carbons (Fsp3) is 0.167. The van der Waals surface area contributed by atoms with Gasteiger partial charge in [0.25, 0.3) is 0 Å². The standard InChI is InChI=1S/C12H11N5S/c1-7-8(2)18-12(16-7)17-11-9-5-13-4-3-10(9)14-6-15-11/h3-6H,1-2H3,(H,14,15,16,17). The summed E-state index contributed by atoms with van der Waals surface area (Å²) in [5, 5.41) is 4.96. The van der Waals surface area contributed by atoms with Crippen molar-refractivity contribution in [2.24, 2.45) is 0 Å². The van der Waals surface area contributed by atoms with Gasteiger partial charge >= 0.3 is 0 Å². The summed E-state index contributed by atoms with van der Waals surface area (Å²) in [5.41, 5.74) is 1.91. The van der Waals surface area contributed by atoms with Crippen LogP contribution in [0.1, 0.15) is 10.6 Å². The van der Waals surface area contributed by atoms with Crippen LogP contribution in [0.2, 0.25) is 0 Å². The Hall–Kier alpha value is -2.08. The van der Waals surface area contributed by atoms with Crippen LogP contribution in [-0.2, 0) is 0 Å². The Bertz CT molecular complexity index is 682. The molecule has 5 nitrogen and oxygen atoms in total. The summed E-state index contributed by atoms with van der Waals surface area (Å²) < 4.78 is 0. The lowest BCUT2D eigenvalue weighted by Crippen LogP contribution is -1.95. The van der Waals surface area contributed by atoms with Gasteiger partial charge in [-0.2, -0.15) is 0 Å². The molecule has 90 valence electrons. The maximum atomic E-state index is 4.44. The van der Waals surface area contributed by atoms with Gasteiger partial charge in [0, 0.05) is 17.3 Å². The van der Waals surface area contributed by atoms with Crippen molar-refractivity contribution in [1.29, 1.82) is 0 Å². The summed E-state index contributed by atoms with van der Waals surface area (Å²) in [7, 11) is 0. The molecule has 0 aromatic carbocycles. The highest BCUT2D eigenvalue weighted by Crippen LogP contribution is 2.26. The Morgan fingerprint density at radius 2 is 2.11 bits per heavy atom. The van der Waals surface area contributed by atoms with E-state index in [1.807, 2.05) is 13.0 Å². The minimum absolute atomic E-state index is 0.738. The van der Waals surface area contributed by atoms with Gasteiger partial charge in [-0.25, -0.2) is 15.0 Å². The van der Waals surface area contributed by atoms with E-state index in [0.29, 0.717) is 0 Å². The molecule has 0 atom stereocenters. The molecule has 3 heterocycles. The summed E-state index contributed by atoms with van der Waals surface area (Å²) in [6.07, 6.45) is 5.01. The van der Waals surface area contributed by atoms with Crippen molar-refractivity contribution in [3.8, 4) is 0 Å². The largest absolute Gasteiger partial charge is 0.316 e. The zero-order valence-electron chi connectivity index (χ0n) is 10.0. The molecule has 1 N–H and O–H groups in total. The number of anilines is 2.